The first-order valence-corrected chi connectivity index (χ1v) is 19.2. The maximum Gasteiger partial charge on any atom is 0.143 e. The van der Waals surface area contributed by atoms with Crippen molar-refractivity contribution in [2.45, 2.75) is 0 Å². The maximum atomic E-state index is 6.64. The molecule has 0 N–H and O–H groups in total. The highest BCUT2D eigenvalue weighted by atomic mass is 16.3. The van der Waals surface area contributed by atoms with E-state index in [4.69, 9.17) is 4.42 Å². The number of furan rings is 1. The lowest BCUT2D eigenvalue weighted by atomic mass is 9.95. The van der Waals surface area contributed by atoms with Crippen LogP contribution < -0.4 is 4.90 Å². The highest BCUT2D eigenvalue weighted by Gasteiger charge is 2.21. The summed E-state index contributed by atoms with van der Waals surface area (Å²) in [5, 5.41) is 9.61. The molecule has 2 nitrogen and oxygen atoms in total. The van der Waals surface area contributed by atoms with Crippen LogP contribution in [-0.2, 0) is 0 Å². The lowest BCUT2D eigenvalue weighted by Gasteiger charge is -2.28. The fourth-order valence-electron chi connectivity index (χ4n) is 8.53. The molecular weight excluding hydrogens is 679 g/mol. The van der Waals surface area contributed by atoms with E-state index >= 15 is 0 Å². The highest BCUT2D eigenvalue weighted by Crippen LogP contribution is 2.46. The Balaban J connectivity index is 1.06. The van der Waals surface area contributed by atoms with Gasteiger partial charge in [-0.05, 0) is 103 Å². The second-order valence-electron chi connectivity index (χ2n) is 14.5. The Morgan fingerprint density at radius 1 is 0.321 bits per heavy atom. The van der Waals surface area contributed by atoms with E-state index in [2.05, 4.69) is 217 Å². The molecule has 11 rings (SSSR count). The Labute approximate surface area is 325 Å². The van der Waals surface area contributed by atoms with Crippen LogP contribution in [0.25, 0.3) is 87.6 Å². The molecule has 0 unspecified atom stereocenters. The van der Waals surface area contributed by atoms with E-state index in [-0.39, 0.29) is 0 Å². The minimum Gasteiger partial charge on any atom is -0.455 e. The Morgan fingerprint density at radius 2 is 0.857 bits per heavy atom. The predicted molar refractivity (Wildman–Crippen MR) is 237 cm³/mol. The zero-order valence-electron chi connectivity index (χ0n) is 30.6. The lowest BCUT2D eigenvalue weighted by molar-refractivity contribution is 0.673. The molecule has 0 spiro atoms. The molecule has 0 amide bonds. The van der Waals surface area contributed by atoms with Crippen LogP contribution in [0.5, 0.6) is 0 Å². The van der Waals surface area contributed by atoms with Crippen molar-refractivity contribution >= 4 is 71.3 Å². The van der Waals surface area contributed by atoms with Crippen LogP contribution in [0, 0.1) is 0 Å². The molecule has 0 aliphatic carbocycles. The molecule has 0 bridgehead atoms. The first kappa shape index (κ1) is 32.0. The molecule has 0 saturated carbocycles. The van der Waals surface area contributed by atoms with Crippen LogP contribution >= 0.6 is 0 Å². The molecule has 2 heteroatoms. The van der Waals surface area contributed by atoms with Gasteiger partial charge in [0.2, 0.25) is 0 Å². The van der Waals surface area contributed by atoms with Crippen molar-refractivity contribution in [1.29, 1.82) is 0 Å². The summed E-state index contributed by atoms with van der Waals surface area (Å²) in [7, 11) is 0. The van der Waals surface area contributed by atoms with Gasteiger partial charge >= 0.3 is 0 Å². The van der Waals surface area contributed by atoms with Gasteiger partial charge in [-0.2, -0.15) is 0 Å². The van der Waals surface area contributed by atoms with E-state index < -0.39 is 0 Å². The minimum absolute atomic E-state index is 0.884. The lowest BCUT2D eigenvalue weighted by Crippen LogP contribution is -2.11. The third kappa shape index (κ3) is 5.34. The van der Waals surface area contributed by atoms with Gasteiger partial charge in [0.25, 0.3) is 0 Å². The van der Waals surface area contributed by atoms with Crippen molar-refractivity contribution in [3.63, 3.8) is 0 Å². The quantitative estimate of drug-likeness (QED) is 0.160. The van der Waals surface area contributed by atoms with Gasteiger partial charge in [0.05, 0.1) is 5.69 Å². The van der Waals surface area contributed by atoms with Crippen LogP contribution in [0.1, 0.15) is 0 Å². The summed E-state index contributed by atoms with van der Waals surface area (Å²) >= 11 is 0. The van der Waals surface area contributed by atoms with Crippen molar-refractivity contribution in [2.75, 3.05) is 4.90 Å². The minimum atomic E-state index is 0.884. The Bertz CT molecular complexity index is 3230. The second-order valence-corrected chi connectivity index (χ2v) is 14.5. The number of fused-ring (bicyclic) bond motifs is 8. The topological polar surface area (TPSA) is 16.4 Å². The Hall–Kier alpha value is -7.42. The first-order chi connectivity index (χ1) is 27.8. The Kier molecular flexibility index (Phi) is 7.53. The van der Waals surface area contributed by atoms with Gasteiger partial charge in [-0.15, -0.1) is 0 Å². The third-order valence-corrected chi connectivity index (χ3v) is 11.3. The van der Waals surface area contributed by atoms with Crippen LogP contribution in [0.15, 0.2) is 217 Å². The molecule has 0 saturated heterocycles. The molecule has 262 valence electrons. The predicted octanol–water partition coefficient (Wildman–Crippen LogP) is 15.5. The molecule has 0 aliphatic rings. The monoisotopic (exact) mass is 713 g/mol. The van der Waals surface area contributed by atoms with Crippen LogP contribution in [0.2, 0.25) is 0 Å². The van der Waals surface area contributed by atoms with Gasteiger partial charge in [0, 0.05) is 33.1 Å². The van der Waals surface area contributed by atoms with E-state index in [1.807, 2.05) is 0 Å². The molecule has 10 aromatic carbocycles. The van der Waals surface area contributed by atoms with Crippen molar-refractivity contribution < 1.29 is 4.42 Å². The summed E-state index contributed by atoms with van der Waals surface area (Å²) in [6.07, 6.45) is 0. The van der Waals surface area contributed by atoms with E-state index in [1.54, 1.807) is 0 Å². The molecule has 1 aromatic heterocycles. The standard InChI is InChI=1S/C54H35NO/c1-2-11-36(12-3-1)37-23-29-43(30-24-37)55(44-31-25-38(26-32-44)41-28-33-46-42(35-41)22-21-39-13-4-6-15-45(39)46)51-19-9-8-17-48(51)49-18-10-20-52-53(49)50-34-27-40-14-5-7-16-47(40)54(50)56-52/h1-35H. The van der Waals surface area contributed by atoms with Crippen LogP contribution in [0.4, 0.5) is 17.1 Å². The van der Waals surface area contributed by atoms with Gasteiger partial charge in [-0.3, -0.25) is 0 Å². The number of rotatable bonds is 6. The molecule has 0 radical (unpaired) electrons. The van der Waals surface area contributed by atoms with Gasteiger partial charge in [0.1, 0.15) is 11.2 Å². The molecular formula is C54H35NO. The fourth-order valence-corrected chi connectivity index (χ4v) is 8.53. The van der Waals surface area contributed by atoms with E-state index in [0.29, 0.717) is 0 Å². The SMILES string of the molecule is c1ccc(-c2ccc(N(c3ccc(-c4ccc5c(ccc6ccccc65)c4)cc3)c3ccccc3-c3cccc4oc5c6ccccc6ccc5c34)cc2)cc1. The normalized spacial score (nSPS) is 11.6. The summed E-state index contributed by atoms with van der Waals surface area (Å²) < 4.78 is 6.64. The number of para-hydroxylation sites is 1. The van der Waals surface area contributed by atoms with E-state index in [1.165, 1.54) is 49.2 Å². The van der Waals surface area contributed by atoms with Gasteiger partial charge < -0.3 is 9.32 Å². The first-order valence-electron chi connectivity index (χ1n) is 19.2. The average molecular weight is 714 g/mol. The average Bonchev–Trinajstić information content (AvgIpc) is 3.67. The van der Waals surface area contributed by atoms with Crippen molar-refractivity contribution in [3.05, 3.63) is 212 Å². The van der Waals surface area contributed by atoms with E-state index in [0.717, 1.165) is 55.5 Å². The zero-order chi connectivity index (χ0) is 37.0. The molecule has 0 fully saturated rings. The summed E-state index contributed by atoms with van der Waals surface area (Å²) in [6.45, 7) is 0. The summed E-state index contributed by atoms with van der Waals surface area (Å²) in [4.78, 5) is 2.39. The molecule has 0 atom stereocenters. The molecule has 56 heavy (non-hydrogen) atoms. The highest BCUT2D eigenvalue weighted by molar-refractivity contribution is 6.20. The van der Waals surface area contributed by atoms with Crippen LogP contribution in [0.3, 0.4) is 0 Å². The summed E-state index contributed by atoms with van der Waals surface area (Å²) in [5.41, 5.74) is 12.1. The van der Waals surface area contributed by atoms with Crippen molar-refractivity contribution in [1.82, 2.24) is 0 Å². The van der Waals surface area contributed by atoms with Crippen molar-refractivity contribution in [3.8, 4) is 33.4 Å². The molecule has 0 aliphatic heterocycles. The number of hydrogen-bond donors (Lipinski definition) is 0. The van der Waals surface area contributed by atoms with Crippen molar-refractivity contribution in [2.24, 2.45) is 0 Å². The molecule has 1 heterocycles. The number of nitrogens with zero attached hydrogens (tertiary/aromatic N) is 1. The van der Waals surface area contributed by atoms with Gasteiger partial charge in [-0.25, -0.2) is 0 Å². The number of anilines is 3. The Morgan fingerprint density at radius 3 is 1.64 bits per heavy atom. The molecule has 11 aromatic rings. The van der Waals surface area contributed by atoms with Crippen LogP contribution in [-0.4, -0.2) is 0 Å². The van der Waals surface area contributed by atoms with Gasteiger partial charge in [0.15, 0.2) is 0 Å². The summed E-state index contributed by atoms with van der Waals surface area (Å²) in [6, 6.07) is 76.4. The fraction of sp³-hybridized carbons (Fsp3) is 0. The zero-order valence-corrected chi connectivity index (χ0v) is 30.6. The van der Waals surface area contributed by atoms with Gasteiger partial charge in [-0.1, -0.05) is 164 Å². The number of benzene rings is 10. The second kappa shape index (κ2) is 13.2. The smallest absolute Gasteiger partial charge is 0.143 e. The maximum absolute atomic E-state index is 6.64. The van der Waals surface area contributed by atoms with E-state index in [9.17, 15) is 0 Å². The summed E-state index contributed by atoms with van der Waals surface area (Å²) in [5.74, 6) is 0. The largest absolute Gasteiger partial charge is 0.455 e. The third-order valence-electron chi connectivity index (χ3n) is 11.3. The number of hydrogen-bond acceptors (Lipinski definition) is 2.